The summed E-state index contributed by atoms with van der Waals surface area (Å²) in [6, 6.07) is -0.0741. The summed E-state index contributed by atoms with van der Waals surface area (Å²) in [6.45, 7) is 13.3. The van der Waals surface area contributed by atoms with Crippen molar-refractivity contribution in [2.24, 2.45) is 16.3 Å². The van der Waals surface area contributed by atoms with Crippen LogP contribution in [0.3, 0.4) is 0 Å². The van der Waals surface area contributed by atoms with Gasteiger partial charge in [0.15, 0.2) is 0 Å². The van der Waals surface area contributed by atoms with Crippen molar-refractivity contribution in [3.05, 3.63) is 9.81 Å². The normalized spacial score (nSPS) is 9.24. The molecule has 17 heavy (non-hydrogen) atoms. The number of hydrogen-bond donors (Lipinski definition) is 1. The minimum atomic E-state index is -0.0463. The highest BCUT2D eigenvalue weighted by Crippen LogP contribution is 2.02. The molecule has 102 valence electrons. The lowest BCUT2D eigenvalue weighted by Crippen LogP contribution is -2.05. The van der Waals surface area contributed by atoms with Crippen molar-refractivity contribution >= 4 is 6.08 Å². The molecule has 0 radical (unpaired) electrons. The van der Waals surface area contributed by atoms with Crippen molar-refractivity contribution in [2.75, 3.05) is 0 Å². The molecule has 0 saturated heterocycles. The molecular weight excluding hydrogens is 222 g/mol. The van der Waals surface area contributed by atoms with Gasteiger partial charge in [0.05, 0.1) is 12.1 Å². The van der Waals surface area contributed by atoms with Gasteiger partial charge >= 0.3 is 0 Å². The van der Waals surface area contributed by atoms with E-state index in [9.17, 15) is 9.81 Å². The van der Waals surface area contributed by atoms with Gasteiger partial charge in [-0.05, 0) is 26.7 Å². The largest absolute Gasteiger partial charge is 0.231 e. The van der Waals surface area contributed by atoms with E-state index in [1.54, 1.807) is 13.8 Å². The quantitative estimate of drug-likeness (QED) is 0.465. The molecule has 6 heteroatoms. The van der Waals surface area contributed by atoms with Crippen LogP contribution in [0.1, 0.15) is 48.5 Å². The Bertz CT molecular complexity index is 188. The van der Waals surface area contributed by atoms with Crippen LogP contribution in [0.15, 0.2) is 10.4 Å². The van der Waals surface area contributed by atoms with E-state index >= 15 is 0 Å². The van der Waals surface area contributed by atoms with Gasteiger partial charge in [0.25, 0.3) is 0 Å². The highest BCUT2D eigenvalue weighted by molar-refractivity contribution is 5.26. The Morgan fingerprint density at radius 3 is 1.18 bits per heavy atom. The van der Waals surface area contributed by atoms with Crippen molar-refractivity contribution in [3.63, 3.8) is 0 Å². The average molecular weight is 247 g/mol. The van der Waals surface area contributed by atoms with Crippen molar-refractivity contribution in [2.45, 2.75) is 60.5 Å². The van der Waals surface area contributed by atoms with Crippen molar-refractivity contribution in [1.82, 2.24) is 0 Å². The minimum Gasteiger partial charge on any atom is -0.222 e. The van der Waals surface area contributed by atoms with Gasteiger partial charge in [-0.2, -0.15) is 9.81 Å². The summed E-state index contributed by atoms with van der Waals surface area (Å²) in [5.74, 6) is 0.387. The van der Waals surface area contributed by atoms with Gasteiger partial charge in [-0.3, -0.25) is 0 Å². The first-order chi connectivity index (χ1) is 7.87. The third kappa shape index (κ3) is 53.3. The molecule has 0 bridgehead atoms. The monoisotopic (exact) mass is 247 g/mol. The predicted octanol–water partition coefficient (Wildman–Crippen LogP) is 3.89. The first-order valence-corrected chi connectivity index (χ1v) is 5.56. The number of carbonyl (C=O) groups excluding carboxylic acids is 1. The van der Waals surface area contributed by atoms with E-state index in [4.69, 9.17) is 10.2 Å². The van der Waals surface area contributed by atoms with E-state index in [1.807, 2.05) is 34.6 Å². The van der Waals surface area contributed by atoms with Crippen LogP contribution in [0.4, 0.5) is 0 Å². The van der Waals surface area contributed by atoms with E-state index in [1.165, 1.54) is 0 Å². The van der Waals surface area contributed by atoms with Gasteiger partial charge in [0.1, 0.15) is 0 Å². The fourth-order valence-electron chi connectivity index (χ4n) is 0.122. The first kappa shape index (κ1) is 24.7. The van der Waals surface area contributed by atoms with Crippen molar-refractivity contribution in [1.29, 1.82) is 5.41 Å². The maximum absolute atomic E-state index is 9.70. The zero-order valence-electron chi connectivity index (χ0n) is 11.9. The Kier molecular flexibility index (Phi) is 34.9. The molecule has 1 unspecified atom stereocenters. The van der Waals surface area contributed by atoms with E-state index in [2.05, 4.69) is 10.4 Å². The van der Waals surface area contributed by atoms with Crippen LogP contribution in [-0.2, 0) is 4.79 Å². The molecular formula is C11H25N3O3. The Morgan fingerprint density at radius 2 is 1.18 bits per heavy atom. The number of nitrogens with zero attached hydrogens (tertiary/aromatic N) is 2. The molecule has 0 rings (SSSR count). The molecule has 1 N–H and O–H groups in total. The van der Waals surface area contributed by atoms with Crippen LogP contribution in [0.5, 0.6) is 0 Å². The molecule has 0 fully saturated rings. The van der Waals surface area contributed by atoms with E-state index in [0.717, 1.165) is 6.08 Å². The van der Waals surface area contributed by atoms with Gasteiger partial charge in [0, 0.05) is 0 Å². The lowest BCUT2D eigenvalue weighted by Gasteiger charge is -2.02. The van der Waals surface area contributed by atoms with Crippen LogP contribution >= 0.6 is 0 Å². The van der Waals surface area contributed by atoms with E-state index in [0.29, 0.717) is 5.92 Å². The molecule has 0 heterocycles. The molecule has 0 aromatic heterocycles. The summed E-state index contributed by atoms with van der Waals surface area (Å²) in [7, 11) is 0. The van der Waals surface area contributed by atoms with E-state index in [-0.39, 0.29) is 12.1 Å². The Morgan fingerprint density at radius 1 is 0.941 bits per heavy atom. The zero-order valence-corrected chi connectivity index (χ0v) is 11.9. The van der Waals surface area contributed by atoms with Gasteiger partial charge < -0.3 is 0 Å². The van der Waals surface area contributed by atoms with Crippen LogP contribution in [0.25, 0.3) is 0 Å². The van der Waals surface area contributed by atoms with Crippen molar-refractivity contribution < 1.29 is 4.79 Å². The summed E-state index contributed by atoms with van der Waals surface area (Å²) < 4.78 is 0. The van der Waals surface area contributed by atoms with Gasteiger partial charge in [-0.15, -0.1) is 0 Å². The van der Waals surface area contributed by atoms with Crippen LogP contribution in [0.2, 0.25) is 0 Å². The SMILES string of the molecule is CC.CC(C)C(C)N=O.CC(C)N=O.N=C=O. The second-order valence-electron chi connectivity index (χ2n) is 3.39. The Balaban J connectivity index is -0.0000000743. The summed E-state index contributed by atoms with van der Waals surface area (Å²) in [4.78, 5) is 27.3. The Hall–Kier alpha value is -1.42. The molecule has 0 aromatic carbocycles. The number of nitroso groups, excluding NO2 is 2. The highest BCUT2D eigenvalue weighted by atomic mass is 16.3. The van der Waals surface area contributed by atoms with E-state index < -0.39 is 0 Å². The zero-order chi connectivity index (χ0) is 14.9. The maximum Gasteiger partial charge on any atom is 0.231 e. The number of hydrogen-bond acceptors (Lipinski definition) is 6. The molecule has 0 aromatic rings. The lowest BCUT2D eigenvalue weighted by molar-refractivity contribution is 0.528. The maximum atomic E-state index is 9.70. The fraction of sp³-hybridized carbons (Fsp3) is 0.909. The topological polar surface area (TPSA) is 99.8 Å². The lowest BCUT2D eigenvalue weighted by atomic mass is 10.1. The molecule has 0 aliphatic heterocycles. The molecule has 1 atom stereocenters. The third-order valence-corrected chi connectivity index (χ3v) is 1.34. The van der Waals surface area contributed by atoms with Gasteiger partial charge in [0.2, 0.25) is 6.08 Å². The summed E-state index contributed by atoms with van der Waals surface area (Å²) in [6.07, 6.45) is 0.750. The predicted molar refractivity (Wildman–Crippen MR) is 70.8 cm³/mol. The van der Waals surface area contributed by atoms with Crippen LogP contribution in [-0.4, -0.2) is 18.2 Å². The number of nitrogens with one attached hydrogen (secondary N) is 1. The second-order valence-corrected chi connectivity index (χ2v) is 3.39. The first-order valence-electron chi connectivity index (χ1n) is 5.56. The second kappa shape index (κ2) is 24.0. The summed E-state index contributed by atoms with van der Waals surface area (Å²) in [5, 5.41) is 10.9. The number of isocyanates is 1. The average Bonchev–Trinajstić information content (AvgIpc) is 2.32. The molecule has 0 spiro atoms. The third-order valence-electron chi connectivity index (χ3n) is 1.34. The highest BCUT2D eigenvalue weighted by Gasteiger charge is 2.03. The summed E-state index contributed by atoms with van der Waals surface area (Å²) >= 11 is 0. The molecule has 6 nitrogen and oxygen atoms in total. The summed E-state index contributed by atoms with van der Waals surface area (Å²) in [5.41, 5.74) is 0. The van der Waals surface area contributed by atoms with Crippen LogP contribution < -0.4 is 0 Å². The van der Waals surface area contributed by atoms with Gasteiger partial charge in [-0.25, -0.2) is 10.2 Å². The fourth-order valence-corrected chi connectivity index (χ4v) is 0.122. The number of rotatable bonds is 3. The van der Waals surface area contributed by atoms with Gasteiger partial charge in [-0.1, -0.05) is 38.0 Å². The van der Waals surface area contributed by atoms with Crippen LogP contribution in [0, 0.1) is 21.1 Å². The molecule has 0 saturated carbocycles. The molecule has 0 aliphatic carbocycles. The minimum absolute atomic E-state index is 0.0278. The molecule has 0 amide bonds. The molecule has 0 aliphatic rings. The standard InChI is InChI=1S/C5H11NO.C3H7NO.C2H6.CHNO/c1-4(2)5(3)6-7;1-3(2)4-5;1-2;2-1-3/h4-5H,1-3H3;3H,1-2H3;1-2H3;2H. The van der Waals surface area contributed by atoms with Crippen molar-refractivity contribution in [3.8, 4) is 0 Å². The Labute approximate surface area is 104 Å². The smallest absolute Gasteiger partial charge is 0.222 e.